The summed E-state index contributed by atoms with van der Waals surface area (Å²) in [5, 5.41) is 19.3. The summed E-state index contributed by atoms with van der Waals surface area (Å²) in [6.45, 7) is 2.76. The lowest BCUT2D eigenvalue weighted by Crippen LogP contribution is -2.06. The number of para-hydroxylation sites is 2. The van der Waals surface area contributed by atoms with Gasteiger partial charge in [-0.15, -0.1) is 0 Å². The Hall–Kier alpha value is -2.51. The Morgan fingerprint density at radius 1 is 0.867 bits per heavy atom. The van der Waals surface area contributed by atoms with Crippen molar-refractivity contribution in [3.8, 4) is 12.1 Å². The molecule has 2 rings (SSSR count). The van der Waals surface area contributed by atoms with Gasteiger partial charge < -0.3 is 26.0 Å². The molecule has 7 nitrogen and oxygen atoms in total. The first kappa shape index (κ1) is 25.5. The van der Waals surface area contributed by atoms with Gasteiger partial charge in [0.2, 0.25) is 0 Å². The molecule has 0 amide bonds. The maximum atomic E-state index is 9.51. The molecule has 2 aromatic rings. The fraction of sp³-hybridized carbons (Fsp3) is 0.100. The number of rotatable bonds is 6. The summed E-state index contributed by atoms with van der Waals surface area (Å²) in [5.74, 6) is 0. The van der Waals surface area contributed by atoms with Crippen LogP contribution in [0.1, 0.15) is 6.92 Å². The Labute approximate surface area is 198 Å². The van der Waals surface area contributed by atoms with Crippen molar-refractivity contribution in [3.05, 3.63) is 69.7 Å². The molecule has 0 unspecified atom stereocenters. The average Bonchev–Trinajstić information content (AvgIpc) is 2.75. The fourth-order valence-electron chi connectivity index (χ4n) is 1.95. The van der Waals surface area contributed by atoms with Crippen molar-refractivity contribution in [1.29, 1.82) is 10.5 Å². The number of nitrogen functional groups attached to an aromatic ring is 2. The van der Waals surface area contributed by atoms with Gasteiger partial charge in [-0.3, -0.25) is 0 Å². The first-order valence-electron chi connectivity index (χ1n) is 8.47. The minimum absolute atomic E-state index is 0.000237. The lowest BCUT2D eigenvalue weighted by atomic mass is 10.1. The summed E-state index contributed by atoms with van der Waals surface area (Å²) in [6.07, 6.45) is 0. The van der Waals surface area contributed by atoms with Crippen LogP contribution in [0.3, 0.4) is 0 Å². The molecule has 10 heteroatoms. The Morgan fingerprint density at radius 3 is 1.47 bits per heavy atom. The van der Waals surface area contributed by atoms with Crippen molar-refractivity contribution in [2.75, 3.05) is 18.1 Å². The van der Waals surface area contributed by atoms with Gasteiger partial charge in [0.05, 0.1) is 16.7 Å². The van der Waals surface area contributed by atoms with Crippen LogP contribution in [0.25, 0.3) is 0 Å². The molecule has 2 aromatic carbocycles. The van der Waals surface area contributed by atoms with E-state index in [9.17, 15) is 10.5 Å². The molecular weight excluding hydrogens is 531 g/mol. The molecule has 0 saturated heterocycles. The number of benzene rings is 2. The highest BCUT2D eigenvalue weighted by Gasteiger charge is 2.16. The summed E-state index contributed by atoms with van der Waals surface area (Å²) in [5.41, 5.74) is 25.0. The smallest absolute Gasteiger partial charge is 0.109 e. The topological polar surface area (TPSA) is 161 Å². The summed E-state index contributed by atoms with van der Waals surface area (Å²) in [7, 11) is 0. The summed E-state index contributed by atoms with van der Waals surface area (Å²) < 4.78 is 4.51. The Morgan fingerprint density at radius 2 is 1.20 bits per heavy atom. The second kappa shape index (κ2) is 13.7. The molecule has 0 aliphatic carbocycles. The zero-order valence-corrected chi connectivity index (χ0v) is 19.9. The van der Waals surface area contributed by atoms with Crippen LogP contribution >= 0.6 is 46.5 Å². The van der Waals surface area contributed by atoms with Gasteiger partial charge in [0.15, 0.2) is 0 Å². The number of allylic oxidation sites excluding steroid dienone is 2. The highest BCUT2D eigenvalue weighted by Crippen LogP contribution is 2.35. The lowest BCUT2D eigenvalue weighted by molar-refractivity contribution is 0.458. The van der Waals surface area contributed by atoms with Gasteiger partial charge in [-0.1, -0.05) is 47.8 Å². The van der Waals surface area contributed by atoms with Gasteiger partial charge in [-0.2, -0.15) is 10.5 Å². The minimum atomic E-state index is 0.000237. The van der Waals surface area contributed by atoms with E-state index < -0.39 is 0 Å². The molecule has 156 valence electrons. The van der Waals surface area contributed by atoms with Crippen molar-refractivity contribution in [1.82, 2.24) is 0 Å². The van der Waals surface area contributed by atoms with Crippen LogP contribution in [0.15, 0.2) is 79.5 Å². The van der Waals surface area contributed by atoms with Crippen molar-refractivity contribution in [2.24, 2.45) is 11.5 Å². The van der Waals surface area contributed by atoms with Gasteiger partial charge in [-0.25, -0.2) is 0 Å². The van der Waals surface area contributed by atoms with Crippen LogP contribution < -0.4 is 22.9 Å². The van der Waals surface area contributed by atoms with Gasteiger partial charge in [0.25, 0.3) is 0 Å². The van der Waals surface area contributed by atoms with Gasteiger partial charge in [0.1, 0.15) is 46.3 Å². The SMILES string of the molecule is CCOI.N#CC(=C(/N)Sc1ccccc1N)/C(C#N)=C(\N)Sc1ccccc1N. The van der Waals surface area contributed by atoms with E-state index in [1.54, 1.807) is 36.4 Å². The molecule has 30 heavy (non-hydrogen) atoms. The number of nitrogens with two attached hydrogens (primary N) is 4. The normalized spacial score (nSPS) is 11.7. The van der Waals surface area contributed by atoms with E-state index in [1.807, 2.05) is 54.2 Å². The number of nitriles is 2. The van der Waals surface area contributed by atoms with E-state index in [4.69, 9.17) is 22.9 Å². The second-order valence-corrected chi connectivity index (χ2v) is 8.17. The predicted octanol–water partition coefficient (Wildman–Crippen LogP) is 4.50. The molecule has 0 heterocycles. The van der Waals surface area contributed by atoms with E-state index in [0.29, 0.717) is 21.2 Å². The lowest BCUT2D eigenvalue weighted by Gasteiger charge is -2.10. The van der Waals surface area contributed by atoms with Crippen LogP contribution in [-0.2, 0) is 3.07 Å². The zero-order valence-electron chi connectivity index (χ0n) is 16.1. The summed E-state index contributed by atoms with van der Waals surface area (Å²) >= 11 is 4.07. The fourth-order valence-corrected chi connectivity index (χ4v) is 3.59. The molecule has 0 radical (unpaired) electrons. The predicted molar refractivity (Wildman–Crippen MR) is 133 cm³/mol. The minimum Gasteiger partial charge on any atom is -0.398 e. The molecule has 0 aliphatic rings. The van der Waals surface area contributed by atoms with Crippen molar-refractivity contribution >= 4 is 57.9 Å². The Balaban J connectivity index is 0.00000103. The Bertz CT molecular complexity index is 929. The van der Waals surface area contributed by atoms with Crippen molar-refractivity contribution in [2.45, 2.75) is 16.7 Å². The molecule has 0 aliphatic heterocycles. The summed E-state index contributed by atoms with van der Waals surface area (Å²) in [6, 6.07) is 18.1. The van der Waals surface area contributed by atoms with E-state index in [2.05, 4.69) is 3.07 Å². The molecule has 8 N–H and O–H groups in total. The largest absolute Gasteiger partial charge is 0.398 e. The highest BCUT2D eigenvalue weighted by atomic mass is 127. The number of nitrogens with zero attached hydrogens (tertiary/aromatic N) is 2. The molecule has 0 bridgehead atoms. The second-order valence-electron chi connectivity index (χ2n) is 5.38. The number of thioether (sulfide) groups is 2. The molecule has 0 saturated carbocycles. The van der Waals surface area contributed by atoms with Gasteiger partial charge in [-0.05, 0) is 31.2 Å². The van der Waals surface area contributed by atoms with E-state index in [1.165, 1.54) is 0 Å². The monoisotopic (exact) mass is 552 g/mol. The molecule has 0 atom stereocenters. The number of anilines is 2. The Kier molecular flexibility index (Phi) is 11.6. The first-order chi connectivity index (χ1) is 14.4. The van der Waals surface area contributed by atoms with E-state index >= 15 is 0 Å². The van der Waals surface area contributed by atoms with Crippen LogP contribution in [-0.4, -0.2) is 6.61 Å². The van der Waals surface area contributed by atoms with E-state index in [0.717, 1.165) is 30.1 Å². The first-order valence-corrected chi connectivity index (χ1v) is 11.0. The van der Waals surface area contributed by atoms with Crippen LogP contribution in [0.5, 0.6) is 0 Å². The zero-order chi connectivity index (χ0) is 22.5. The standard InChI is InChI=1S/C18H16N6S2.C2H5IO/c19-9-11(17(23)25-15-7-3-1-5-13(15)21)12(10-20)18(24)26-16-8-4-2-6-14(16)22;1-2-4-3/h1-8H,21-24H2;2H2,1H3/b17-11+,18-12+;. The maximum Gasteiger partial charge on any atom is 0.109 e. The molecular formula is C20H21IN6OS2. The third-order valence-electron chi connectivity index (χ3n) is 3.35. The molecule has 0 aromatic heterocycles. The number of hydrogen-bond acceptors (Lipinski definition) is 9. The third-order valence-corrected chi connectivity index (χ3v) is 6.01. The van der Waals surface area contributed by atoms with Gasteiger partial charge >= 0.3 is 0 Å². The highest BCUT2D eigenvalue weighted by molar-refractivity contribution is 14.1. The quantitative estimate of drug-likeness (QED) is 0.133. The average molecular weight is 552 g/mol. The third kappa shape index (κ3) is 7.72. The van der Waals surface area contributed by atoms with Crippen LogP contribution in [0.4, 0.5) is 11.4 Å². The van der Waals surface area contributed by atoms with Crippen LogP contribution in [0.2, 0.25) is 0 Å². The number of hydrogen-bond donors (Lipinski definition) is 4. The van der Waals surface area contributed by atoms with E-state index in [-0.39, 0.29) is 21.2 Å². The number of halogens is 1. The molecule has 0 fully saturated rings. The molecule has 0 spiro atoms. The van der Waals surface area contributed by atoms with Crippen molar-refractivity contribution in [3.63, 3.8) is 0 Å². The summed E-state index contributed by atoms with van der Waals surface area (Å²) in [4.78, 5) is 1.38. The van der Waals surface area contributed by atoms with Crippen molar-refractivity contribution < 1.29 is 3.07 Å². The van der Waals surface area contributed by atoms with Crippen LogP contribution in [0, 0.1) is 22.7 Å². The van der Waals surface area contributed by atoms with Gasteiger partial charge in [0, 0.05) is 21.2 Å². The maximum absolute atomic E-state index is 9.51.